The van der Waals surface area contributed by atoms with Gasteiger partial charge in [-0.1, -0.05) is 0 Å². The minimum absolute atomic E-state index is 0.0982. The van der Waals surface area contributed by atoms with Crippen molar-refractivity contribution in [1.82, 2.24) is 9.88 Å². The fourth-order valence-corrected chi connectivity index (χ4v) is 3.47. The molecule has 2 aliphatic rings. The number of nitrogens with one attached hydrogen (secondary N) is 1. The van der Waals surface area contributed by atoms with E-state index >= 15 is 0 Å². The molecule has 0 aromatic carbocycles. The number of likely N-dealkylation sites (tertiary alicyclic amines) is 1. The number of piperidine rings is 1. The zero-order chi connectivity index (χ0) is 17.3. The maximum atomic E-state index is 12.8. The monoisotopic (exact) mass is 336 g/mol. The van der Waals surface area contributed by atoms with Crippen molar-refractivity contribution in [2.24, 2.45) is 0 Å². The fraction of sp³-hybridized carbons (Fsp3) is 0.647. The van der Waals surface area contributed by atoms with E-state index in [9.17, 15) is 9.59 Å². The highest BCUT2D eigenvalue weighted by molar-refractivity contribution is 6.00. The van der Waals surface area contributed by atoms with Crippen molar-refractivity contribution in [2.75, 3.05) is 32.9 Å². The number of aromatic amines is 1. The van der Waals surface area contributed by atoms with Crippen LogP contribution in [-0.4, -0.2) is 60.5 Å². The molecule has 0 radical (unpaired) electrons. The third-order valence-corrected chi connectivity index (χ3v) is 4.76. The van der Waals surface area contributed by atoms with E-state index in [1.165, 1.54) is 0 Å². The van der Waals surface area contributed by atoms with Gasteiger partial charge in [0.25, 0.3) is 5.91 Å². The summed E-state index contributed by atoms with van der Waals surface area (Å²) >= 11 is 0. The van der Waals surface area contributed by atoms with Crippen molar-refractivity contribution in [3.8, 4) is 0 Å². The van der Waals surface area contributed by atoms with E-state index in [4.69, 9.17) is 14.2 Å². The molecule has 1 aromatic heterocycles. The van der Waals surface area contributed by atoms with Crippen LogP contribution in [0, 0.1) is 13.8 Å². The van der Waals surface area contributed by atoms with Crippen LogP contribution < -0.4 is 0 Å². The van der Waals surface area contributed by atoms with Gasteiger partial charge in [0.1, 0.15) is 5.69 Å². The first kappa shape index (κ1) is 17.0. The second-order valence-electron chi connectivity index (χ2n) is 6.25. The van der Waals surface area contributed by atoms with Crippen LogP contribution in [0.3, 0.4) is 0 Å². The van der Waals surface area contributed by atoms with Gasteiger partial charge in [-0.3, -0.25) is 4.79 Å². The molecule has 2 fully saturated rings. The Hall–Kier alpha value is -1.86. The number of amides is 1. The van der Waals surface area contributed by atoms with Crippen molar-refractivity contribution in [3.63, 3.8) is 0 Å². The Bertz CT molecular complexity index is 636. The van der Waals surface area contributed by atoms with Gasteiger partial charge >= 0.3 is 5.97 Å². The van der Waals surface area contributed by atoms with Gasteiger partial charge in [-0.2, -0.15) is 0 Å². The maximum absolute atomic E-state index is 12.8. The Kier molecular flexibility index (Phi) is 4.64. The Morgan fingerprint density at radius 1 is 1.21 bits per heavy atom. The number of aryl methyl sites for hydroxylation is 1. The van der Waals surface area contributed by atoms with Gasteiger partial charge < -0.3 is 24.1 Å². The molecule has 2 saturated heterocycles. The number of hydrogen-bond acceptors (Lipinski definition) is 5. The molecular weight excluding hydrogens is 312 g/mol. The molecule has 7 nitrogen and oxygen atoms in total. The van der Waals surface area contributed by atoms with Gasteiger partial charge in [-0.05, 0) is 26.3 Å². The van der Waals surface area contributed by atoms with Gasteiger partial charge in [0, 0.05) is 31.6 Å². The minimum Gasteiger partial charge on any atom is -0.462 e. The Morgan fingerprint density at radius 2 is 1.83 bits per heavy atom. The van der Waals surface area contributed by atoms with Crippen LogP contribution >= 0.6 is 0 Å². The summed E-state index contributed by atoms with van der Waals surface area (Å²) in [6.45, 7) is 8.01. The van der Waals surface area contributed by atoms with Crippen molar-refractivity contribution in [1.29, 1.82) is 0 Å². The fourth-order valence-electron chi connectivity index (χ4n) is 3.47. The minimum atomic E-state index is -0.506. The van der Waals surface area contributed by atoms with Crippen LogP contribution in [0.25, 0.3) is 0 Å². The molecule has 3 heterocycles. The number of carbonyl (C=O) groups excluding carboxylic acids is 2. The molecule has 24 heavy (non-hydrogen) atoms. The van der Waals surface area contributed by atoms with E-state index in [1.54, 1.807) is 25.7 Å². The number of nitrogens with zero attached hydrogens (tertiary/aromatic N) is 1. The molecule has 3 rings (SSSR count). The molecule has 0 unspecified atom stereocenters. The molecule has 0 bridgehead atoms. The van der Waals surface area contributed by atoms with Crippen molar-refractivity contribution < 1.29 is 23.8 Å². The number of H-pyrrole nitrogens is 1. The zero-order valence-electron chi connectivity index (χ0n) is 14.4. The summed E-state index contributed by atoms with van der Waals surface area (Å²) in [6.07, 6.45) is 1.34. The Morgan fingerprint density at radius 3 is 2.42 bits per heavy atom. The summed E-state index contributed by atoms with van der Waals surface area (Å²) in [4.78, 5) is 29.7. The van der Waals surface area contributed by atoms with E-state index in [0.29, 0.717) is 68.3 Å². The Balaban J connectivity index is 1.74. The number of aromatic nitrogens is 1. The molecule has 0 saturated carbocycles. The molecule has 1 spiro atoms. The summed E-state index contributed by atoms with van der Waals surface area (Å²) < 4.78 is 16.5. The first-order chi connectivity index (χ1) is 11.5. The quantitative estimate of drug-likeness (QED) is 0.851. The van der Waals surface area contributed by atoms with Gasteiger partial charge in [-0.25, -0.2) is 4.79 Å². The highest BCUT2D eigenvalue weighted by atomic mass is 16.7. The first-order valence-electron chi connectivity index (χ1n) is 8.41. The molecule has 7 heteroatoms. The number of rotatable bonds is 3. The van der Waals surface area contributed by atoms with E-state index in [-0.39, 0.29) is 5.91 Å². The lowest BCUT2D eigenvalue weighted by Crippen LogP contribution is -2.47. The largest absolute Gasteiger partial charge is 0.462 e. The smallest absolute Gasteiger partial charge is 0.340 e. The van der Waals surface area contributed by atoms with Crippen LogP contribution in [0.1, 0.15) is 51.9 Å². The molecular formula is C17H24N2O5. The standard InChI is InChI=1S/C17H24N2O5/c1-4-22-16(21)13-11(2)14(18-12(13)3)15(20)19-7-5-17(6-8-19)23-9-10-24-17/h18H,4-10H2,1-3H3. The number of hydrogen-bond donors (Lipinski definition) is 1. The lowest BCUT2D eigenvalue weighted by atomic mass is 10.0. The van der Waals surface area contributed by atoms with E-state index < -0.39 is 11.8 Å². The predicted molar refractivity (Wildman–Crippen MR) is 86.0 cm³/mol. The SMILES string of the molecule is CCOC(=O)c1c(C)[nH]c(C(=O)N2CCC3(CC2)OCCO3)c1C. The Labute approximate surface area is 141 Å². The molecule has 132 valence electrons. The summed E-state index contributed by atoms with van der Waals surface area (Å²) in [7, 11) is 0. The lowest BCUT2D eigenvalue weighted by molar-refractivity contribution is -0.181. The molecule has 2 aliphatic heterocycles. The van der Waals surface area contributed by atoms with Gasteiger partial charge in [0.2, 0.25) is 0 Å². The summed E-state index contributed by atoms with van der Waals surface area (Å²) in [5, 5.41) is 0. The van der Waals surface area contributed by atoms with Crippen LogP contribution in [0.4, 0.5) is 0 Å². The van der Waals surface area contributed by atoms with Crippen LogP contribution in [0.2, 0.25) is 0 Å². The number of ether oxygens (including phenoxy) is 3. The number of carbonyl (C=O) groups is 2. The summed E-state index contributed by atoms with van der Waals surface area (Å²) in [6, 6.07) is 0. The zero-order valence-corrected chi connectivity index (χ0v) is 14.4. The molecule has 1 amide bonds. The van der Waals surface area contributed by atoms with Crippen molar-refractivity contribution in [3.05, 3.63) is 22.5 Å². The van der Waals surface area contributed by atoms with Crippen LogP contribution in [0.15, 0.2) is 0 Å². The van der Waals surface area contributed by atoms with Gasteiger partial charge in [0.05, 0.1) is 25.4 Å². The molecule has 0 aliphatic carbocycles. The van der Waals surface area contributed by atoms with Gasteiger partial charge in [0.15, 0.2) is 5.79 Å². The van der Waals surface area contributed by atoms with Crippen LogP contribution in [0.5, 0.6) is 0 Å². The van der Waals surface area contributed by atoms with Crippen molar-refractivity contribution in [2.45, 2.75) is 39.4 Å². The third-order valence-electron chi connectivity index (χ3n) is 4.76. The maximum Gasteiger partial charge on any atom is 0.340 e. The summed E-state index contributed by atoms with van der Waals surface area (Å²) in [5.41, 5.74) is 2.21. The van der Waals surface area contributed by atoms with Gasteiger partial charge in [-0.15, -0.1) is 0 Å². The normalized spacial score (nSPS) is 19.7. The van der Waals surface area contributed by atoms with E-state index in [1.807, 2.05) is 0 Å². The molecule has 1 aromatic rings. The van der Waals surface area contributed by atoms with E-state index in [2.05, 4.69) is 4.98 Å². The highest BCUT2D eigenvalue weighted by Gasteiger charge is 2.41. The summed E-state index contributed by atoms with van der Waals surface area (Å²) in [5.74, 6) is -1.000. The lowest BCUT2D eigenvalue weighted by Gasteiger charge is -2.37. The predicted octanol–water partition coefficient (Wildman–Crippen LogP) is 1.79. The second-order valence-corrected chi connectivity index (χ2v) is 6.25. The third kappa shape index (κ3) is 2.93. The molecule has 0 atom stereocenters. The topological polar surface area (TPSA) is 80.9 Å². The second kappa shape index (κ2) is 6.57. The van der Waals surface area contributed by atoms with E-state index in [0.717, 1.165) is 0 Å². The highest BCUT2D eigenvalue weighted by Crippen LogP contribution is 2.32. The van der Waals surface area contributed by atoms with Crippen LogP contribution in [-0.2, 0) is 14.2 Å². The molecule has 1 N–H and O–H groups in total. The first-order valence-corrected chi connectivity index (χ1v) is 8.41. The average Bonchev–Trinajstić information content (AvgIpc) is 3.12. The van der Waals surface area contributed by atoms with Crippen molar-refractivity contribution >= 4 is 11.9 Å². The average molecular weight is 336 g/mol. The number of esters is 1.